The van der Waals surface area contributed by atoms with Gasteiger partial charge in [0.25, 0.3) is 0 Å². The van der Waals surface area contributed by atoms with Gasteiger partial charge in [-0.1, -0.05) is 43.3 Å². The second kappa shape index (κ2) is 7.74. The summed E-state index contributed by atoms with van der Waals surface area (Å²) in [6.45, 7) is 1.87. The zero-order chi connectivity index (χ0) is 15.0. The van der Waals surface area contributed by atoms with Crippen LogP contribution in [0.2, 0.25) is 0 Å². The summed E-state index contributed by atoms with van der Waals surface area (Å²) in [6.07, 6.45) is 1.07. The van der Waals surface area contributed by atoms with Crippen molar-refractivity contribution in [2.45, 2.75) is 13.3 Å². The highest BCUT2D eigenvalue weighted by Crippen LogP contribution is 2.26. The van der Waals surface area contributed by atoms with Crippen molar-refractivity contribution in [3.05, 3.63) is 59.7 Å². The summed E-state index contributed by atoms with van der Waals surface area (Å²) in [5.74, 6) is -0.428. The first kappa shape index (κ1) is 15.4. The van der Waals surface area contributed by atoms with Gasteiger partial charge in [0.1, 0.15) is 0 Å². The Morgan fingerprint density at radius 2 is 1.70 bits per heavy atom. The van der Waals surface area contributed by atoms with Gasteiger partial charge in [0.2, 0.25) is 0 Å². The Hall–Kier alpha value is -2.62. The Morgan fingerprint density at radius 3 is 2.20 bits per heavy atom. The first-order valence-electron chi connectivity index (χ1n) is 6.14. The Kier molecular flexibility index (Phi) is 5.97. The van der Waals surface area contributed by atoms with Crippen molar-refractivity contribution < 1.29 is 19.8 Å². The molecule has 2 aromatic carbocycles. The van der Waals surface area contributed by atoms with Crippen LogP contribution in [-0.4, -0.2) is 22.3 Å². The largest absolute Gasteiger partial charge is 0.504 e. The van der Waals surface area contributed by atoms with E-state index in [2.05, 4.69) is 0 Å². The maximum absolute atomic E-state index is 11.0. The number of hydrogen-bond acceptors (Lipinski definition) is 4. The molecule has 0 atom stereocenters. The first-order valence-corrected chi connectivity index (χ1v) is 6.14. The van der Waals surface area contributed by atoms with Crippen LogP contribution in [0.25, 0.3) is 0 Å². The summed E-state index contributed by atoms with van der Waals surface area (Å²) in [5.41, 5.74) is 0.907. The summed E-state index contributed by atoms with van der Waals surface area (Å²) in [5, 5.41) is 17.7. The van der Waals surface area contributed by atoms with E-state index in [0.29, 0.717) is 12.7 Å². The lowest BCUT2D eigenvalue weighted by atomic mass is 10.1. The van der Waals surface area contributed by atoms with Gasteiger partial charge in [-0.15, -0.1) is 0 Å². The molecule has 2 aromatic rings. The molecule has 4 nitrogen and oxygen atoms in total. The number of benzene rings is 2. The van der Waals surface area contributed by atoms with Crippen molar-refractivity contribution in [2.75, 3.05) is 0 Å². The lowest BCUT2D eigenvalue weighted by molar-refractivity contribution is 0.0987. The predicted molar refractivity (Wildman–Crippen MR) is 76.2 cm³/mol. The van der Waals surface area contributed by atoms with Gasteiger partial charge in [-0.2, -0.15) is 0 Å². The van der Waals surface area contributed by atoms with Crippen molar-refractivity contribution in [3.8, 4) is 11.5 Å². The number of Topliss-reactive ketones (excluding diaryl/α,β-unsaturated/α-hetero) is 1. The summed E-state index contributed by atoms with van der Waals surface area (Å²) in [4.78, 5) is 21.1. The van der Waals surface area contributed by atoms with Gasteiger partial charge in [-0.05, 0) is 12.1 Å². The third-order valence-corrected chi connectivity index (χ3v) is 2.59. The third-order valence-electron chi connectivity index (χ3n) is 2.59. The number of ketones is 1. The van der Waals surface area contributed by atoms with Crippen LogP contribution in [0, 0.1) is 0 Å². The standard InChI is InChI=1S/C9H10O.C7H6O3/c1-2-9(10)8-6-4-3-5-7-8;8-4-5-2-1-3-6(9)7(5)10/h3-7H,2H2,1H3;1-4,9-10H. The molecule has 0 fully saturated rings. The smallest absolute Gasteiger partial charge is 0.168 e. The second-order valence-electron chi connectivity index (χ2n) is 3.98. The van der Waals surface area contributed by atoms with Crippen molar-refractivity contribution in [1.82, 2.24) is 0 Å². The van der Waals surface area contributed by atoms with Crippen LogP contribution in [0.1, 0.15) is 34.1 Å². The zero-order valence-electron chi connectivity index (χ0n) is 11.1. The molecule has 20 heavy (non-hydrogen) atoms. The highest BCUT2D eigenvalue weighted by molar-refractivity contribution is 5.95. The number of aromatic hydroxyl groups is 2. The molecule has 0 saturated heterocycles. The number of phenolic OH excluding ortho intramolecular Hbond substituents is 2. The Labute approximate surface area is 117 Å². The maximum Gasteiger partial charge on any atom is 0.168 e. The average Bonchev–Trinajstić information content (AvgIpc) is 2.51. The van der Waals surface area contributed by atoms with Crippen molar-refractivity contribution in [3.63, 3.8) is 0 Å². The van der Waals surface area contributed by atoms with E-state index in [1.165, 1.54) is 18.2 Å². The Bertz CT molecular complexity index is 576. The normalized spacial score (nSPS) is 9.25. The lowest BCUT2D eigenvalue weighted by Gasteiger charge is -1.97. The van der Waals surface area contributed by atoms with Crippen LogP contribution >= 0.6 is 0 Å². The number of carbonyl (C=O) groups is 2. The molecule has 0 amide bonds. The van der Waals surface area contributed by atoms with Gasteiger partial charge < -0.3 is 10.2 Å². The zero-order valence-corrected chi connectivity index (χ0v) is 11.1. The molecule has 2 rings (SSSR count). The first-order chi connectivity index (χ1) is 9.60. The molecule has 0 spiro atoms. The molecule has 0 aliphatic carbocycles. The van der Waals surface area contributed by atoms with E-state index in [9.17, 15) is 9.59 Å². The summed E-state index contributed by atoms with van der Waals surface area (Å²) >= 11 is 0. The van der Waals surface area contributed by atoms with E-state index < -0.39 is 0 Å². The molecular formula is C16H16O4. The molecule has 0 aliphatic rings. The summed E-state index contributed by atoms with van der Waals surface area (Å²) < 4.78 is 0. The van der Waals surface area contributed by atoms with E-state index in [-0.39, 0.29) is 22.8 Å². The van der Waals surface area contributed by atoms with Crippen LogP contribution in [0.15, 0.2) is 48.5 Å². The van der Waals surface area contributed by atoms with Gasteiger partial charge in [0.15, 0.2) is 23.6 Å². The lowest BCUT2D eigenvalue weighted by Crippen LogP contribution is -1.94. The minimum absolute atomic E-state index is 0.0972. The van der Waals surface area contributed by atoms with E-state index in [1.807, 2.05) is 37.3 Å². The molecule has 2 N–H and O–H groups in total. The molecule has 4 heteroatoms. The van der Waals surface area contributed by atoms with Gasteiger partial charge in [0, 0.05) is 12.0 Å². The van der Waals surface area contributed by atoms with Gasteiger partial charge in [-0.3, -0.25) is 9.59 Å². The number of hydrogen-bond donors (Lipinski definition) is 2. The van der Waals surface area contributed by atoms with Crippen molar-refractivity contribution in [1.29, 1.82) is 0 Å². The van der Waals surface area contributed by atoms with Crippen LogP contribution < -0.4 is 0 Å². The fraction of sp³-hybridized carbons (Fsp3) is 0.125. The average molecular weight is 272 g/mol. The molecule has 0 unspecified atom stereocenters. The molecule has 0 radical (unpaired) electrons. The number of aldehydes is 1. The minimum Gasteiger partial charge on any atom is -0.504 e. The highest BCUT2D eigenvalue weighted by atomic mass is 16.3. The number of rotatable bonds is 3. The summed E-state index contributed by atoms with van der Waals surface area (Å²) in [6, 6.07) is 13.6. The predicted octanol–water partition coefficient (Wildman–Crippen LogP) is 3.19. The minimum atomic E-state index is -0.363. The Balaban J connectivity index is 0.000000200. The molecule has 104 valence electrons. The van der Waals surface area contributed by atoms with Crippen LogP contribution in [0.3, 0.4) is 0 Å². The van der Waals surface area contributed by atoms with E-state index in [1.54, 1.807) is 0 Å². The Morgan fingerprint density at radius 1 is 1.05 bits per heavy atom. The van der Waals surface area contributed by atoms with E-state index >= 15 is 0 Å². The fourth-order valence-electron chi connectivity index (χ4n) is 1.47. The van der Waals surface area contributed by atoms with Gasteiger partial charge in [-0.25, -0.2) is 0 Å². The molecule has 0 heterocycles. The second-order valence-corrected chi connectivity index (χ2v) is 3.98. The topological polar surface area (TPSA) is 74.6 Å². The number of carbonyl (C=O) groups excluding carboxylic acids is 2. The number of phenols is 2. The van der Waals surface area contributed by atoms with E-state index in [4.69, 9.17) is 10.2 Å². The maximum atomic E-state index is 11.0. The van der Waals surface area contributed by atoms with E-state index in [0.717, 1.165) is 5.56 Å². The van der Waals surface area contributed by atoms with Crippen molar-refractivity contribution >= 4 is 12.1 Å². The quantitative estimate of drug-likeness (QED) is 0.511. The van der Waals surface area contributed by atoms with Gasteiger partial charge >= 0.3 is 0 Å². The molecule has 0 bridgehead atoms. The molecule has 0 aliphatic heterocycles. The van der Waals surface area contributed by atoms with Crippen LogP contribution in [0.4, 0.5) is 0 Å². The van der Waals surface area contributed by atoms with Crippen LogP contribution in [-0.2, 0) is 0 Å². The third kappa shape index (κ3) is 4.24. The number of para-hydroxylation sites is 1. The molecule has 0 saturated carbocycles. The van der Waals surface area contributed by atoms with Crippen LogP contribution in [0.5, 0.6) is 11.5 Å². The SMILES string of the molecule is CCC(=O)c1ccccc1.O=Cc1cccc(O)c1O. The fourth-order valence-corrected chi connectivity index (χ4v) is 1.47. The summed E-state index contributed by atoms with van der Waals surface area (Å²) in [7, 11) is 0. The van der Waals surface area contributed by atoms with Crippen molar-refractivity contribution in [2.24, 2.45) is 0 Å². The molecule has 0 aromatic heterocycles. The highest BCUT2D eigenvalue weighted by Gasteiger charge is 2.02. The monoisotopic (exact) mass is 272 g/mol. The molecular weight excluding hydrogens is 256 g/mol. The van der Waals surface area contributed by atoms with Gasteiger partial charge in [0.05, 0.1) is 5.56 Å².